The summed E-state index contributed by atoms with van der Waals surface area (Å²) >= 11 is 0. The molecule has 6 N–H and O–H groups in total. The SMILES string of the molecule is CNC(=O)c1cc(C(=O)NC)cc(-c2ccc(OC3OC(CO)C(O)C(O)C3O)c(F)c2)c1. The van der Waals surface area contributed by atoms with Crippen molar-refractivity contribution in [1.29, 1.82) is 0 Å². The molecule has 33 heavy (non-hydrogen) atoms. The summed E-state index contributed by atoms with van der Waals surface area (Å²) in [4.78, 5) is 24.2. The van der Waals surface area contributed by atoms with E-state index in [9.17, 15) is 34.4 Å². The molecular formula is C22H25FN2O8. The fourth-order valence-corrected chi connectivity index (χ4v) is 3.41. The van der Waals surface area contributed by atoms with Crippen LogP contribution in [0.4, 0.5) is 4.39 Å². The number of ether oxygens (including phenoxy) is 2. The molecule has 5 atom stereocenters. The van der Waals surface area contributed by atoms with Crippen LogP contribution in [0.3, 0.4) is 0 Å². The number of rotatable bonds is 6. The molecule has 1 saturated heterocycles. The van der Waals surface area contributed by atoms with E-state index in [0.29, 0.717) is 11.1 Å². The van der Waals surface area contributed by atoms with Crippen LogP contribution in [0.2, 0.25) is 0 Å². The molecule has 1 aliphatic rings. The summed E-state index contributed by atoms with van der Waals surface area (Å²) in [6.45, 7) is -0.651. The molecule has 2 amide bonds. The minimum Gasteiger partial charge on any atom is -0.459 e. The van der Waals surface area contributed by atoms with Gasteiger partial charge in [-0.15, -0.1) is 0 Å². The Hall–Kier alpha value is -3.09. The second kappa shape index (κ2) is 10.2. The van der Waals surface area contributed by atoms with Crippen molar-refractivity contribution in [2.24, 2.45) is 0 Å². The van der Waals surface area contributed by atoms with Gasteiger partial charge in [0.1, 0.15) is 24.4 Å². The van der Waals surface area contributed by atoms with Gasteiger partial charge in [0, 0.05) is 25.2 Å². The van der Waals surface area contributed by atoms with Gasteiger partial charge in [-0.1, -0.05) is 6.07 Å². The molecule has 0 saturated carbocycles. The highest BCUT2D eigenvalue weighted by Crippen LogP contribution is 2.30. The molecule has 10 nitrogen and oxygen atoms in total. The molecule has 0 spiro atoms. The van der Waals surface area contributed by atoms with E-state index < -0.39 is 54.9 Å². The lowest BCUT2D eigenvalue weighted by molar-refractivity contribution is -0.277. The maximum atomic E-state index is 14.8. The predicted molar refractivity (Wildman–Crippen MR) is 113 cm³/mol. The highest BCUT2D eigenvalue weighted by atomic mass is 19.1. The molecule has 3 rings (SSSR count). The second-order valence-corrected chi connectivity index (χ2v) is 7.42. The molecule has 2 aromatic carbocycles. The van der Waals surface area contributed by atoms with E-state index in [2.05, 4.69) is 10.6 Å². The Morgan fingerprint density at radius 1 is 0.939 bits per heavy atom. The summed E-state index contributed by atoms with van der Waals surface area (Å²) in [7, 11) is 2.89. The van der Waals surface area contributed by atoms with Gasteiger partial charge in [0.2, 0.25) is 6.29 Å². The first-order chi connectivity index (χ1) is 15.7. The molecule has 0 aliphatic carbocycles. The second-order valence-electron chi connectivity index (χ2n) is 7.42. The maximum absolute atomic E-state index is 14.8. The van der Waals surface area contributed by atoms with E-state index in [1.54, 1.807) is 0 Å². The number of aliphatic hydroxyl groups is 4. The lowest BCUT2D eigenvalue weighted by Gasteiger charge is -2.39. The highest BCUT2D eigenvalue weighted by Gasteiger charge is 2.44. The number of nitrogens with one attached hydrogen (secondary N) is 2. The van der Waals surface area contributed by atoms with E-state index >= 15 is 0 Å². The number of carbonyl (C=O) groups is 2. The van der Waals surface area contributed by atoms with Gasteiger partial charge < -0.3 is 40.5 Å². The molecular weight excluding hydrogens is 439 g/mol. The highest BCUT2D eigenvalue weighted by molar-refractivity contribution is 6.01. The van der Waals surface area contributed by atoms with Crippen molar-refractivity contribution in [2.45, 2.75) is 30.7 Å². The Kier molecular flexibility index (Phi) is 7.61. The first-order valence-corrected chi connectivity index (χ1v) is 10.1. The number of benzene rings is 2. The zero-order chi connectivity index (χ0) is 24.3. The minimum atomic E-state index is -1.69. The first-order valence-electron chi connectivity index (χ1n) is 10.1. The quantitative estimate of drug-likeness (QED) is 0.331. The van der Waals surface area contributed by atoms with Gasteiger partial charge in [-0.05, 0) is 41.5 Å². The van der Waals surface area contributed by atoms with Crippen molar-refractivity contribution in [3.8, 4) is 16.9 Å². The van der Waals surface area contributed by atoms with E-state index in [1.165, 1.54) is 44.4 Å². The van der Waals surface area contributed by atoms with Crippen LogP contribution >= 0.6 is 0 Å². The molecule has 1 heterocycles. The molecule has 1 fully saturated rings. The number of hydrogen-bond donors (Lipinski definition) is 6. The van der Waals surface area contributed by atoms with Gasteiger partial charge in [0.05, 0.1) is 6.61 Å². The van der Waals surface area contributed by atoms with Crippen LogP contribution in [-0.4, -0.2) is 83.6 Å². The van der Waals surface area contributed by atoms with E-state index in [-0.39, 0.29) is 16.9 Å². The number of halogens is 1. The summed E-state index contributed by atoms with van der Waals surface area (Å²) in [6.07, 6.45) is -7.68. The van der Waals surface area contributed by atoms with Gasteiger partial charge in [-0.3, -0.25) is 9.59 Å². The Morgan fingerprint density at radius 3 is 2.06 bits per heavy atom. The molecule has 5 unspecified atom stereocenters. The summed E-state index contributed by atoms with van der Waals surface area (Å²) in [6, 6.07) is 8.23. The van der Waals surface area contributed by atoms with Crippen molar-refractivity contribution in [2.75, 3.05) is 20.7 Å². The zero-order valence-corrected chi connectivity index (χ0v) is 17.9. The van der Waals surface area contributed by atoms with Crippen LogP contribution in [0.1, 0.15) is 20.7 Å². The summed E-state index contributed by atoms with van der Waals surface area (Å²) in [5, 5.41) is 44.0. The Labute approximate surface area is 188 Å². The Morgan fingerprint density at radius 2 is 1.55 bits per heavy atom. The maximum Gasteiger partial charge on any atom is 0.251 e. The number of carbonyl (C=O) groups excluding carboxylic acids is 2. The topological polar surface area (TPSA) is 158 Å². The van der Waals surface area contributed by atoms with E-state index in [4.69, 9.17) is 9.47 Å². The molecule has 1 aliphatic heterocycles. The Bertz CT molecular complexity index is 997. The smallest absolute Gasteiger partial charge is 0.251 e. The van der Waals surface area contributed by atoms with Crippen molar-refractivity contribution < 1.29 is 43.9 Å². The fraction of sp³-hybridized carbons (Fsp3) is 0.364. The lowest BCUT2D eigenvalue weighted by atomic mass is 9.98. The van der Waals surface area contributed by atoms with Gasteiger partial charge in [-0.2, -0.15) is 0 Å². The number of aliphatic hydroxyl groups excluding tert-OH is 4. The summed E-state index contributed by atoms with van der Waals surface area (Å²) < 4.78 is 25.4. The molecule has 0 radical (unpaired) electrons. The predicted octanol–water partition coefficient (Wildman–Crippen LogP) is -0.609. The Balaban J connectivity index is 1.90. The van der Waals surface area contributed by atoms with Crippen molar-refractivity contribution in [1.82, 2.24) is 10.6 Å². The molecule has 11 heteroatoms. The molecule has 178 valence electrons. The van der Waals surface area contributed by atoms with Gasteiger partial charge in [0.15, 0.2) is 11.6 Å². The third-order valence-electron chi connectivity index (χ3n) is 5.27. The van der Waals surface area contributed by atoms with Crippen LogP contribution in [0.15, 0.2) is 36.4 Å². The third kappa shape index (κ3) is 5.13. The first kappa shape index (κ1) is 24.6. The summed E-state index contributed by atoms with van der Waals surface area (Å²) in [5.41, 5.74) is 1.14. The zero-order valence-electron chi connectivity index (χ0n) is 17.9. The van der Waals surface area contributed by atoms with Crippen LogP contribution in [0.5, 0.6) is 5.75 Å². The number of hydrogen-bond acceptors (Lipinski definition) is 8. The third-order valence-corrected chi connectivity index (χ3v) is 5.27. The van der Waals surface area contributed by atoms with Crippen LogP contribution in [-0.2, 0) is 4.74 Å². The fourth-order valence-electron chi connectivity index (χ4n) is 3.41. The van der Waals surface area contributed by atoms with E-state index in [1.807, 2.05) is 0 Å². The van der Waals surface area contributed by atoms with Crippen LogP contribution < -0.4 is 15.4 Å². The van der Waals surface area contributed by atoms with E-state index in [0.717, 1.165) is 6.07 Å². The van der Waals surface area contributed by atoms with Gasteiger partial charge in [-0.25, -0.2) is 4.39 Å². The van der Waals surface area contributed by atoms with Crippen molar-refractivity contribution in [3.05, 3.63) is 53.3 Å². The van der Waals surface area contributed by atoms with Crippen molar-refractivity contribution >= 4 is 11.8 Å². The van der Waals surface area contributed by atoms with Crippen molar-refractivity contribution in [3.63, 3.8) is 0 Å². The normalized spacial score (nSPS) is 24.8. The molecule has 0 aromatic heterocycles. The minimum absolute atomic E-state index is 0.204. The largest absolute Gasteiger partial charge is 0.459 e. The number of amides is 2. The van der Waals surface area contributed by atoms with Crippen LogP contribution in [0.25, 0.3) is 11.1 Å². The van der Waals surface area contributed by atoms with Crippen LogP contribution in [0, 0.1) is 5.82 Å². The average Bonchev–Trinajstić information content (AvgIpc) is 2.83. The monoisotopic (exact) mass is 464 g/mol. The molecule has 0 bridgehead atoms. The summed E-state index contributed by atoms with van der Waals surface area (Å²) in [5.74, 6) is -2.02. The van der Waals surface area contributed by atoms with Gasteiger partial charge >= 0.3 is 0 Å². The molecule has 2 aromatic rings. The average molecular weight is 464 g/mol. The van der Waals surface area contributed by atoms with Gasteiger partial charge in [0.25, 0.3) is 11.8 Å². The lowest BCUT2D eigenvalue weighted by Crippen LogP contribution is -2.60. The standard InChI is InChI=1S/C22H25FN2O8/c1-24-20(30)12-5-11(6-13(7-12)21(31)25-2)10-3-4-15(14(23)8-10)32-22-19(29)18(28)17(27)16(9-26)33-22/h3-8,16-19,22,26-29H,9H2,1-2H3,(H,24,30)(H,25,31).